The lowest BCUT2D eigenvalue weighted by molar-refractivity contribution is -0.386. The molecule has 0 spiro atoms. The number of carbonyl (C=O) groups is 1. The number of benzene rings is 1. The van der Waals surface area contributed by atoms with Gasteiger partial charge in [-0.1, -0.05) is 33.6 Å². The number of nitro groups is 1. The monoisotopic (exact) mass is 339 g/mol. The summed E-state index contributed by atoms with van der Waals surface area (Å²) in [5.74, 6) is -0.0118. The highest BCUT2D eigenvalue weighted by atomic mass is 16.6. The molecule has 0 saturated heterocycles. The summed E-state index contributed by atoms with van der Waals surface area (Å²) in [5, 5.41) is 11.3. The van der Waals surface area contributed by atoms with Gasteiger partial charge in [-0.15, -0.1) is 0 Å². The fraction of sp³-hybridized carbons (Fsp3) is 0.588. The summed E-state index contributed by atoms with van der Waals surface area (Å²) in [5.41, 5.74) is 0.115. The Morgan fingerprint density at radius 1 is 1.25 bits per heavy atom. The Hall–Kier alpha value is -2.31. The molecule has 0 aliphatic rings. The second kappa shape index (κ2) is 9.75. The van der Waals surface area contributed by atoms with Gasteiger partial charge in [0, 0.05) is 0 Å². The van der Waals surface area contributed by atoms with Crippen LogP contribution in [0.5, 0.6) is 11.5 Å². The Morgan fingerprint density at radius 2 is 1.96 bits per heavy atom. The number of unbranched alkanes of at least 4 members (excludes halogenated alkanes) is 2. The molecule has 0 saturated carbocycles. The first-order valence-electron chi connectivity index (χ1n) is 8.05. The maximum atomic E-state index is 11.6. The Bertz CT molecular complexity index is 570. The quantitative estimate of drug-likeness (QED) is 0.278. The molecule has 0 bridgehead atoms. The molecule has 0 heterocycles. The van der Waals surface area contributed by atoms with E-state index in [4.69, 9.17) is 14.2 Å². The van der Waals surface area contributed by atoms with E-state index < -0.39 is 10.9 Å². The molecule has 0 aliphatic carbocycles. The predicted molar refractivity (Wildman–Crippen MR) is 89.3 cm³/mol. The molecule has 24 heavy (non-hydrogen) atoms. The van der Waals surface area contributed by atoms with Crippen molar-refractivity contribution < 1.29 is 23.9 Å². The molecule has 0 radical (unpaired) electrons. The molecule has 0 N–H and O–H groups in total. The summed E-state index contributed by atoms with van der Waals surface area (Å²) in [6.45, 7) is 5.76. The molecule has 0 aromatic heterocycles. The second-order valence-corrected chi connectivity index (χ2v) is 5.71. The largest absolute Gasteiger partial charge is 0.493 e. The van der Waals surface area contributed by atoms with E-state index in [2.05, 4.69) is 6.92 Å². The lowest BCUT2D eigenvalue weighted by Gasteiger charge is -2.13. The van der Waals surface area contributed by atoms with Crippen LogP contribution in [0.4, 0.5) is 5.69 Å². The second-order valence-electron chi connectivity index (χ2n) is 5.71. The normalized spacial score (nSPS) is 10.5. The van der Waals surface area contributed by atoms with Crippen molar-refractivity contribution in [2.45, 2.75) is 46.6 Å². The standard InChI is InChI=1S/C17H25NO6/c1-5-6-7-8-23-16-10-14(18(20)21)13(9-15(16)22-4)11-24-17(19)12(2)3/h9-10,12H,5-8,11H2,1-4H3. The van der Waals surface area contributed by atoms with Crippen LogP contribution >= 0.6 is 0 Å². The maximum Gasteiger partial charge on any atom is 0.308 e. The lowest BCUT2D eigenvalue weighted by Crippen LogP contribution is -2.12. The number of nitro benzene ring substituents is 1. The van der Waals surface area contributed by atoms with Crippen LogP contribution in [0.2, 0.25) is 0 Å². The summed E-state index contributed by atoms with van der Waals surface area (Å²) < 4.78 is 15.9. The zero-order valence-corrected chi connectivity index (χ0v) is 14.7. The number of carbonyl (C=O) groups excluding carboxylic acids is 1. The van der Waals surface area contributed by atoms with E-state index in [1.807, 2.05) is 0 Å². The molecule has 0 unspecified atom stereocenters. The third-order valence-corrected chi connectivity index (χ3v) is 3.41. The van der Waals surface area contributed by atoms with Crippen LogP contribution in [-0.4, -0.2) is 24.6 Å². The van der Waals surface area contributed by atoms with Crippen LogP contribution < -0.4 is 9.47 Å². The van der Waals surface area contributed by atoms with Crippen molar-refractivity contribution in [2.24, 2.45) is 5.92 Å². The average Bonchev–Trinajstić information content (AvgIpc) is 2.56. The summed E-state index contributed by atoms with van der Waals surface area (Å²) in [7, 11) is 1.46. The number of methoxy groups -OCH3 is 1. The first kappa shape index (κ1) is 19.7. The first-order chi connectivity index (χ1) is 11.4. The smallest absolute Gasteiger partial charge is 0.308 e. The Labute approximate surface area is 142 Å². The molecular formula is C17H25NO6. The first-order valence-corrected chi connectivity index (χ1v) is 8.05. The van der Waals surface area contributed by atoms with Gasteiger partial charge < -0.3 is 14.2 Å². The molecule has 7 nitrogen and oxygen atoms in total. The van der Waals surface area contributed by atoms with Gasteiger partial charge in [0.25, 0.3) is 5.69 Å². The van der Waals surface area contributed by atoms with Gasteiger partial charge in [-0.3, -0.25) is 14.9 Å². The van der Waals surface area contributed by atoms with Gasteiger partial charge in [-0.25, -0.2) is 0 Å². The van der Waals surface area contributed by atoms with E-state index >= 15 is 0 Å². The highest BCUT2D eigenvalue weighted by Gasteiger charge is 2.21. The van der Waals surface area contributed by atoms with Crippen LogP contribution in [0.3, 0.4) is 0 Å². The van der Waals surface area contributed by atoms with Crippen LogP contribution in [0, 0.1) is 16.0 Å². The van der Waals surface area contributed by atoms with E-state index in [9.17, 15) is 14.9 Å². The van der Waals surface area contributed by atoms with Crippen molar-refractivity contribution >= 4 is 11.7 Å². The van der Waals surface area contributed by atoms with Crippen molar-refractivity contribution in [3.05, 3.63) is 27.8 Å². The van der Waals surface area contributed by atoms with Crippen molar-refractivity contribution in [1.82, 2.24) is 0 Å². The zero-order valence-electron chi connectivity index (χ0n) is 14.7. The van der Waals surface area contributed by atoms with Crippen molar-refractivity contribution in [3.63, 3.8) is 0 Å². The van der Waals surface area contributed by atoms with Crippen molar-refractivity contribution in [3.8, 4) is 11.5 Å². The molecule has 1 aromatic rings. The molecule has 0 fully saturated rings. The van der Waals surface area contributed by atoms with Crippen molar-refractivity contribution in [1.29, 1.82) is 0 Å². The third kappa shape index (κ3) is 5.72. The Morgan fingerprint density at radius 3 is 2.50 bits per heavy atom. The lowest BCUT2D eigenvalue weighted by atomic mass is 10.1. The van der Waals surface area contributed by atoms with Gasteiger partial charge in [0.15, 0.2) is 11.5 Å². The van der Waals surface area contributed by atoms with Gasteiger partial charge in [0.1, 0.15) is 6.61 Å². The van der Waals surface area contributed by atoms with Crippen LogP contribution in [-0.2, 0) is 16.1 Å². The van der Waals surface area contributed by atoms with Crippen molar-refractivity contribution in [2.75, 3.05) is 13.7 Å². The maximum absolute atomic E-state index is 11.6. The molecule has 7 heteroatoms. The topological polar surface area (TPSA) is 87.9 Å². The number of hydrogen-bond donors (Lipinski definition) is 0. The van der Waals surface area contributed by atoms with Gasteiger partial charge in [0.2, 0.25) is 0 Å². The fourth-order valence-corrected chi connectivity index (χ4v) is 2.00. The van der Waals surface area contributed by atoms with E-state index in [1.165, 1.54) is 19.2 Å². The predicted octanol–water partition coefficient (Wildman–Crippen LogP) is 3.87. The molecule has 0 aliphatic heterocycles. The van der Waals surface area contributed by atoms with Crippen LogP contribution in [0.1, 0.15) is 45.6 Å². The Balaban J connectivity index is 2.98. The van der Waals surface area contributed by atoms with Crippen LogP contribution in [0.15, 0.2) is 12.1 Å². The minimum absolute atomic E-state index is 0.155. The number of hydrogen-bond acceptors (Lipinski definition) is 6. The van der Waals surface area contributed by atoms with E-state index in [1.54, 1.807) is 13.8 Å². The van der Waals surface area contributed by atoms with E-state index in [0.29, 0.717) is 18.1 Å². The molecular weight excluding hydrogens is 314 g/mol. The highest BCUT2D eigenvalue weighted by molar-refractivity contribution is 5.71. The van der Waals surface area contributed by atoms with Gasteiger partial charge in [0.05, 0.1) is 36.2 Å². The van der Waals surface area contributed by atoms with E-state index in [0.717, 1.165) is 19.3 Å². The number of rotatable bonds is 10. The summed E-state index contributed by atoms with van der Waals surface area (Å²) in [6, 6.07) is 2.81. The Kier molecular flexibility index (Phi) is 8.01. The summed E-state index contributed by atoms with van der Waals surface area (Å²) in [6.07, 6.45) is 2.94. The average molecular weight is 339 g/mol. The minimum atomic E-state index is -0.517. The van der Waals surface area contributed by atoms with Gasteiger partial charge in [-0.05, 0) is 12.5 Å². The highest BCUT2D eigenvalue weighted by Crippen LogP contribution is 2.35. The fourth-order valence-electron chi connectivity index (χ4n) is 2.00. The molecule has 0 amide bonds. The molecule has 1 aromatic carbocycles. The summed E-state index contributed by atoms with van der Waals surface area (Å²) >= 11 is 0. The molecule has 1 rings (SSSR count). The number of esters is 1. The molecule has 134 valence electrons. The molecule has 0 atom stereocenters. The number of ether oxygens (including phenoxy) is 3. The van der Waals surface area contributed by atoms with Gasteiger partial charge in [-0.2, -0.15) is 0 Å². The number of nitrogens with zero attached hydrogens (tertiary/aromatic N) is 1. The van der Waals surface area contributed by atoms with Crippen LogP contribution in [0.25, 0.3) is 0 Å². The third-order valence-electron chi connectivity index (χ3n) is 3.41. The SMILES string of the molecule is CCCCCOc1cc([N+](=O)[O-])c(COC(=O)C(C)C)cc1OC. The zero-order chi connectivity index (χ0) is 18.1. The van der Waals surface area contributed by atoms with Gasteiger partial charge >= 0.3 is 5.97 Å². The minimum Gasteiger partial charge on any atom is -0.493 e. The van der Waals surface area contributed by atoms with E-state index in [-0.39, 0.29) is 23.8 Å². The summed E-state index contributed by atoms with van der Waals surface area (Å²) in [4.78, 5) is 22.4.